The van der Waals surface area contributed by atoms with E-state index in [9.17, 15) is 4.79 Å². The molecule has 0 fully saturated rings. The average molecular weight is 296 g/mol. The van der Waals surface area contributed by atoms with Gasteiger partial charge in [0.15, 0.2) is 0 Å². The highest BCUT2D eigenvalue weighted by atomic mass is 16.5. The van der Waals surface area contributed by atoms with Gasteiger partial charge < -0.3 is 10.1 Å². The Morgan fingerprint density at radius 3 is 2.82 bits per heavy atom. The molecule has 0 saturated carbocycles. The van der Waals surface area contributed by atoms with Gasteiger partial charge in [0, 0.05) is 24.1 Å². The van der Waals surface area contributed by atoms with E-state index in [-0.39, 0.29) is 12.5 Å². The Balaban J connectivity index is 1.65. The van der Waals surface area contributed by atoms with Crippen molar-refractivity contribution in [2.75, 3.05) is 5.32 Å². The summed E-state index contributed by atoms with van der Waals surface area (Å²) in [4.78, 5) is 15.8. The molecule has 0 aliphatic heterocycles. The number of rotatable bonds is 5. The summed E-state index contributed by atoms with van der Waals surface area (Å²) in [6, 6.07) is 10.6. The molecule has 0 aliphatic rings. The van der Waals surface area contributed by atoms with E-state index in [0.29, 0.717) is 17.2 Å². The van der Waals surface area contributed by atoms with Crippen molar-refractivity contribution < 1.29 is 9.53 Å². The summed E-state index contributed by atoms with van der Waals surface area (Å²) >= 11 is 0. The predicted molar refractivity (Wildman–Crippen MR) is 77.2 cm³/mol. The van der Waals surface area contributed by atoms with E-state index in [4.69, 9.17) is 4.74 Å². The van der Waals surface area contributed by atoms with Gasteiger partial charge in [-0.15, -0.1) is 5.10 Å². The van der Waals surface area contributed by atoms with Crippen LogP contribution < -0.4 is 10.1 Å². The molecule has 0 radical (unpaired) electrons. The SMILES string of the molecule is O=C(Cn1cnnn1)Nc1cccc(Oc2ccncc2)c1. The monoisotopic (exact) mass is 296 g/mol. The number of carbonyl (C=O) groups is 1. The van der Waals surface area contributed by atoms with Crippen molar-refractivity contribution in [2.45, 2.75) is 6.54 Å². The number of pyridine rings is 1. The molecule has 0 saturated heterocycles. The van der Waals surface area contributed by atoms with E-state index in [1.54, 1.807) is 48.8 Å². The van der Waals surface area contributed by atoms with Crippen LogP contribution in [0.1, 0.15) is 0 Å². The van der Waals surface area contributed by atoms with E-state index in [1.165, 1.54) is 11.0 Å². The largest absolute Gasteiger partial charge is 0.457 e. The fourth-order valence-corrected chi connectivity index (χ4v) is 1.78. The molecule has 22 heavy (non-hydrogen) atoms. The summed E-state index contributed by atoms with van der Waals surface area (Å²) in [6.45, 7) is 0.0441. The van der Waals surface area contributed by atoms with Gasteiger partial charge in [-0.25, -0.2) is 4.68 Å². The molecule has 2 heterocycles. The molecular weight excluding hydrogens is 284 g/mol. The summed E-state index contributed by atoms with van der Waals surface area (Å²) in [5, 5.41) is 13.3. The Hall–Kier alpha value is -3.29. The van der Waals surface area contributed by atoms with Gasteiger partial charge in [0.25, 0.3) is 0 Å². The highest BCUT2D eigenvalue weighted by Gasteiger charge is 2.05. The molecule has 0 unspecified atom stereocenters. The molecule has 0 spiro atoms. The predicted octanol–water partition coefficient (Wildman–Crippen LogP) is 1.50. The molecule has 8 nitrogen and oxygen atoms in total. The summed E-state index contributed by atoms with van der Waals surface area (Å²) in [5.41, 5.74) is 0.629. The first kappa shape index (κ1) is 13.7. The Morgan fingerprint density at radius 1 is 1.18 bits per heavy atom. The van der Waals surface area contributed by atoms with Crippen LogP contribution in [0.3, 0.4) is 0 Å². The molecule has 1 N–H and O–H groups in total. The molecule has 3 rings (SSSR count). The fraction of sp³-hybridized carbons (Fsp3) is 0.0714. The number of nitrogens with zero attached hydrogens (tertiary/aromatic N) is 5. The zero-order chi connectivity index (χ0) is 15.2. The van der Waals surface area contributed by atoms with E-state index in [0.717, 1.165) is 0 Å². The average Bonchev–Trinajstić information content (AvgIpc) is 3.01. The molecule has 1 amide bonds. The molecule has 8 heteroatoms. The number of hydrogen-bond acceptors (Lipinski definition) is 6. The zero-order valence-corrected chi connectivity index (χ0v) is 11.5. The third-order valence-electron chi connectivity index (χ3n) is 2.70. The lowest BCUT2D eigenvalue weighted by Gasteiger charge is -2.08. The maximum atomic E-state index is 11.9. The second-order valence-corrected chi connectivity index (χ2v) is 4.37. The van der Waals surface area contributed by atoms with Gasteiger partial charge in [-0.2, -0.15) is 0 Å². The van der Waals surface area contributed by atoms with Crippen molar-refractivity contribution in [3.63, 3.8) is 0 Å². The Bertz CT molecular complexity index is 745. The van der Waals surface area contributed by atoms with E-state index < -0.39 is 0 Å². The van der Waals surface area contributed by atoms with E-state index in [2.05, 4.69) is 25.8 Å². The molecule has 0 aliphatic carbocycles. The van der Waals surface area contributed by atoms with Crippen molar-refractivity contribution in [3.05, 3.63) is 55.1 Å². The summed E-state index contributed by atoms with van der Waals surface area (Å²) < 4.78 is 7.02. The minimum Gasteiger partial charge on any atom is -0.457 e. The van der Waals surface area contributed by atoms with Gasteiger partial charge in [-0.3, -0.25) is 9.78 Å². The smallest absolute Gasteiger partial charge is 0.246 e. The van der Waals surface area contributed by atoms with Crippen LogP contribution in [0.4, 0.5) is 5.69 Å². The maximum Gasteiger partial charge on any atom is 0.246 e. The number of carbonyl (C=O) groups excluding carboxylic acids is 1. The van der Waals surface area contributed by atoms with Gasteiger partial charge in [0.2, 0.25) is 5.91 Å². The Labute approximate surface area is 125 Å². The minimum atomic E-state index is -0.228. The number of anilines is 1. The number of amides is 1. The Morgan fingerprint density at radius 2 is 2.05 bits per heavy atom. The first-order chi connectivity index (χ1) is 10.8. The first-order valence-electron chi connectivity index (χ1n) is 6.48. The summed E-state index contributed by atoms with van der Waals surface area (Å²) in [6.07, 6.45) is 4.67. The Kier molecular flexibility index (Phi) is 4.01. The van der Waals surface area contributed by atoms with Gasteiger partial charge in [0.1, 0.15) is 24.4 Å². The number of hydrogen-bond donors (Lipinski definition) is 1. The zero-order valence-electron chi connectivity index (χ0n) is 11.5. The normalized spacial score (nSPS) is 10.2. The molecule has 110 valence electrons. The van der Waals surface area contributed by atoms with Gasteiger partial charge >= 0.3 is 0 Å². The van der Waals surface area contributed by atoms with Crippen LogP contribution in [-0.2, 0) is 11.3 Å². The lowest BCUT2D eigenvalue weighted by molar-refractivity contribution is -0.116. The summed E-state index contributed by atoms with van der Waals surface area (Å²) in [5.74, 6) is 1.06. The lowest BCUT2D eigenvalue weighted by atomic mass is 10.3. The number of tetrazole rings is 1. The van der Waals surface area contributed by atoms with Gasteiger partial charge in [-0.1, -0.05) is 6.07 Å². The molecule has 0 atom stereocenters. The van der Waals surface area contributed by atoms with Crippen LogP contribution in [0.2, 0.25) is 0 Å². The quantitative estimate of drug-likeness (QED) is 0.766. The van der Waals surface area contributed by atoms with Crippen LogP contribution in [-0.4, -0.2) is 31.1 Å². The molecule has 2 aromatic heterocycles. The van der Waals surface area contributed by atoms with E-state index >= 15 is 0 Å². The topological polar surface area (TPSA) is 94.8 Å². The maximum absolute atomic E-state index is 11.9. The second kappa shape index (κ2) is 6.44. The minimum absolute atomic E-state index is 0.0441. The van der Waals surface area contributed by atoms with Crippen LogP contribution in [0.5, 0.6) is 11.5 Å². The number of nitrogens with one attached hydrogen (secondary N) is 1. The molecule has 1 aromatic carbocycles. The van der Waals surface area contributed by atoms with Crippen LogP contribution in [0.25, 0.3) is 0 Å². The number of aromatic nitrogens is 5. The fourth-order valence-electron chi connectivity index (χ4n) is 1.78. The van der Waals surface area contributed by atoms with Crippen molar-refractivity contribution in [3.8, 4) is 11.5 Å². The highest BCUT2D eigenvalue weighted by Crippen LogP contribution is 2.23. The van der Waals surface area contributed by atoms with Crippen molar-refractivity contribution in [1.29, 1.82) is 0 Å². The van der Waals surface area contributed by atoms with Crippen LogP contribution in [0, 0.1) is 0 Å². The summed E-state index contributed by atoms with van der Waals surface area (Å²) in [7, 11) is 0. The van der Waals surface area contributed by atoms with Crippen molar-refractivity contribution >= 4 is 11.6 Å². The van der Waals surface area contributed by atoms with Crippen molar-refractivity contribution in [1.82, 2.24) is 25.2 Å². The number of benzene rings is 1. The second-order valence-electron chi connectivity index (χ2n) is 4.37. The van der Waals surface area contributed by atoms with Crippen LogP contribution in [0.15, 0.2) is 55.1 Å². The molecule has 0 bridgehead atoms. The first-order valence-corrected chi connectivity index (χ1v) is 6.48. The standard InChI is InChI=1S/C14H12N6O2/c21-14(9-20-10-16-18-19-20)17-11-2-1-3-13(8-11)22-12-4-6-15-7-5-12/h1-8,10H,9H2,(H,17,21). The van der Waals surface area contributed by atoms with Crippen molar-refractivity contribution in [2.24, 2.45) is 0 Å². The molecule has 3 aromatic rings. The lowest BCUT2D eigenvalue weighted by Crippen LogP contribution is -2.19. The van der Waals surface area contributed by atoms with Gasteiger partial charge in [0.05, 0.1) is 0 Å². The van der Waals surface area contributed by atoms with Gasteiger partial charge in [-0.05, 0) is 34.7 Å². The van der Waals surface area contributed by atoms with Crippen LogP contribution >= 0.6 is 0 Å². The highest BCUT2D eigenvalue weighted by molar-refractivity contribution is 5.90. The third kappa shape index (κ3) is 3.63. The number of ether oxygens (including phenoxy) is 1. The third-order valence-corrected chi connectivity index (χ3v) is 2.70. The molecular formula is C14H12N6O2. The van der Waals surface area contributed by atoms with E-state index in [1.807, 2.05) is 0 Å².